The Balaban J connectivity index is 0.00000353. The fraction of sp³-hybridized carbons (Fsp3) is 0.471. The van der Waals surface area contributed by atoms with Gasteiger partial charge in [0.15, 0.2) is 0 Å². The van der Waals surface area contributed by atoms with Crippen LogP contribution in [0.1, 0.15) is 98.1 Å². The quantitative estimate of drug-likeness (QED) is 0.301. The Morgan fingerprint density at radius 3 is 1.64 bits per heavy atom. The summed E-state index contributed by atoms with van der Waals surface area (Å²) in [4.78, 5) is 15.7. The van der Waals surface area contributed by atoms with Gasteiger partial charge in [-0.15, -0.1) is 16.4 Å². The summed E-state index contributed by atoms with van der Waals surface area (Å²) < 4.78 is 0. The van der Waals surface area contributed by atoms with E-state index in [2.05, 4.69) is 72.8 Å². The van der Waals surface area contributed by atoms with E-state index in [1.165, 1.54) is 39.0 Å². The Kier molecular flexibility index (Phi) is 9.37. The summed E-state index contributed by atoms with van der Waals surface area (Å²) in [5, 5.41) is 7.35. The van der Waals surface area contributed by atoms with E-state index in [4.69, 9.17) is 20.3 Å². The average Bonchev–Trinajstić information content (AvgIpc) is 3.65. The van der Waals surface area contributed by atoms with Crippen LogP contribution in [0.25, 0.3) is 17.5 Å². The van der Waals surface area contributed by atoms with Gasteiger partial charge in [-0.2, -0.15) is 0 Å². The molecule has 5 heteroatoms. The van der Waals surface area contributed by atoms with Gasteiger partial charge in [-0.25, -0.2) is 9.98 Å². The fourth-order valence-corrected chi connectivity index (χ4v) is 6.63. The molecule has 4 aliphatic heterocycles. The number of nitrogens with zero attached hydrogens (tertiary/aromatic N) is 4. The van der Waals surface area contributed by atoms with Gasteiger partial charge in [-0.1, -0.05) is 95.5 Å². The molecule has 0 saturated heterocycles. The van der Waals surface area contributed by atoms with E-state index in [9.17, 15) is 0 Å². The summed E-state index contributed by atoms with van der Waals surface area (Å²) in [6.45, 7) is 15.7. The third-order valence-electron chi connectivity index (χ3n) is 8.51. The molecule has 0 amide bonds. The largest absolute Gasteiger partial charge is 2.00 e. The van der Waals surface area contributed by atoms with E-state index in [0.717, 1.165) is 90.6 Å². The second-order valence-corrected chi connectivity index (χ2v) is 10.5. The van der Waals surface area contributed by atoms with Crippen LogP contribution in [-0.4, -0.2) is 17.5 Å². The standard InChI is InChI=1S/C34H42N4.Pt/c1-8-20-15-21-16-29-22(9-2)23(10-3)31(36-29)18-33-26(13-6)27(14-7)34(38-33)19-32-25(12-5)24(11-4)30(37-32)17-28(20)35-21;/h16-19,21H,8-15H2,1-7H3;/q-2;+2/b29-16-,30-17-,33-18-,34-19-;. The van der Waals surface area contributed by atoms with Crippen LogP contribution in [0.5, 0.6) is 0 Å². The number of hydrogen-bond donors (Lipinski definition) is 0. The third kappa shape index (κ3) is 5.22. The van der Waals surface area contributed by atoms with Gasteiger partial charge in [0.05, 0.1) is 22.8 Å². The molecule has 208 valence electrons. The van der Waals surface area contributed by atoms with Crippen LogP contribution in [0.3, 0.4) is 0 Å². The molecule has 1 aromatic rings. The Labute approximate surface area is 248 Å². The molecular weight excluding hydrogens is 659 g/mol. The van der Waals surface area contributed by atoms with Crippen molar-refractivity contribution in [3.05, 3.63) is 84.3 Å². The first-order valence-electron chi connectivity index (χ1n) is 14.9. The van der Waals surface area contributed by atoms with Crippen molar-refractivity contribution >= 4 is 23.6 Å². The summed E-state index contributed by atoms with van der Waals surface area (Å²) in [7, 11) is 0. The van der Waals surface area contributed by atoms with Crippen LogP contribution >= 0.6 is 0 Å². The van der Waals surface area contributed by atoms with Gasteiger partial charge in [0.25, 0.3) is 0 Å². The van der Waals surface area contributed by atoms with Crippen LogP contribution in [0, 0.1) is 0 Å². The average molecular weight is 702 g/mol. The van der Waals surface area contributed by atoms with Gasteiger partial charge >= 0.3 is 21.1 Å². The van der Waals surface area contributed by atoms with Gasteiger partial charge in [0, 0.05) is 0 Å². The number of aromatic nitrogens is 1. The van der Waals surface area contributed by atoms with Gasteiger partial charge in [-0.3, -0.25) is 0 Å². The van der Waals surface area contributed by atoms with Crippen LogP contribution in [0.2, 0.25) is 0 Å². The molecule has 0 radical (unpaired) electrons. The van der Waals surface area contributed by atoms with Crippen molar-refractivity contribution in [1.82, 2.24) is 4.98 Å². The molecule has 0 saturated carbocycles. The Morgan fingerprint density at radius 2 is 1.15 bits per heavy atom. The van der Waals surface area contributed by atoms with Gasteiger partial charge < -0.3 is 10.3 Å². The number of aliphatic imine (C=N–C) groups is 2. The number of allylic oxidation sites excluding steroid dienone is 5. The molecule has 5 rings (SSSR count). The van der Waals surface area contributed by atoms with Crippen LogP contribution in [0.15, 0.2) is 67.1 Å². The number of fused-ring (bicyclic) bond motifs is 6. The minimum atomic E-state index is 0. The van der Waals surface area contributed by atoms with E-state index >= 15 is 0 Å². The molecule has 0 aliphatic carbocycles. The molecule has 0 aromatic carbocycles. The molecule has 1 unspecified atom stereocenters. The van der Waals surface area contributed by atoms with E-state index in [1.54, 1.807) is 0 Å². The molecule has 4 aliphatic rings. The fourth-order valence-electron chi connectivity index (χ4n) is 6.63. The maximum atomic E-state index is 5.24. The first kappa shape index (κ1) is 29.5. The number of rotatable bonds is 7. The molecule has 39 heavy (non-hydrogen) atoms. The predicted molar refractivity (Wildman–Crippen MR) is 162 cm³/mol. The minimum Gasteiger partial charge on any atom is -0.678 e. The zero-order valence-corrected chi connectivity index (χ0v) is 26.9. The van der Waals surface area contributed by atoms with Gasteiger partial charge in [0.1, 0.15) is 0 Å². The summed E-state index contributed by atoms with van der Waals surface area (Å²) in [6, 6.07) is 0.125. The zero-order valence-electron chi connectivity index (χ0n) is 24.6. The number of hydrogen-bond acceptors (Lipinski definition) is 2. The van der Waals surface area contributed by atoms with Crippen molar-refractivity contribution in [3.63, 3.8) is 0 Å². The molecule has 8 bridgehead atoms. The maximum Gasteiger partial charge on any atom is 2.00 e. The van der Waals surface area contributed by atoms with Gasteiger partial charge in [0.2, 0.25) is 0 Å². The van der Waals surface area contributed by atoms with Crippen LogP contribution in [0.4, 0.5) is 0 Å². The second-order valence-electron chi connectivity index (χ2n) is 10.5. The molecule has 0 N–H and O–H groups in total. The van der Waals surface area contributed by atoms with E-state index in [-0.39, 0.29) is 27.1 Å². The Bertz CT molecular complexity index is 1500. The topological polar surface area (TPSA) is 52.9 Å². The van der Waals surface area contributed by atoms with Gasteiger partial charge in [-0.05, 0) is 73.7 Å². The van der Waals surface area contributed by atoms with Crippen molar-refractivity contribution < 1.29 is 21.1 Å². The monoisotopic (exact) mass is 701 g/mol. The zero-order chi connectivity index (χ0) is 27.0. The van der Waals surface area contributed by atoms with Crippen LogP contribution in [-0.2, 0) is 33.9 Å². The normalized spacial score (nSPS) is 24.6. The Morgan fingerprint density at radius 1 is 0.641 bits per heavy atom. The molecule has 1 aromatic heterocycles. The third-order valence-corrected chi connectivity index (χ3v) is 8.51. The van der Waals surface area contributed by atoms with Crippen LogP contribution < -0.4 is 15.7 Å². The van der Waals surface area contributed by atoms with Crippen molar-refractivity contribution in [1.29, 1.82) is 0 Å². The van der Waals surface area contributed by atoms with E-state index in [1.807, 2.05) is 0 Å². The molecule has 0 spiro atoms. The van der Waals surface area contributed by atoms with Crippen molar-refractivity contribution in [2.75, 3.05) is 0 Å². The molecule has 1 atom stereocenters. The van der Waals surface area contributed by atoms with Crippen molar-refractivity contribution in [2.45, 2.75) is 106 Å². The minimum absolute atomic E-state index is 0. The molecular formula is C34H42N4Pt. The second kappa shape index (κ2) is 12.4. The summed E-state index contributed by atoms with van der Waals surface area (Å²) in [5.74, 6) is 0. The predicted octanol–water partition coefficient (Wildman–Crippen LogP) is 7.06. The summed E-state index contributed by atoms with van der Waals surface area (Å²) in [6.07, 6.45) is 16.8. The smallest absolute Gasteiger partial charge is 0.678 e. The first-order valence-corrected chi connectivity index (χ1v) is 14.9. The van der Waals surface area contributed by atoms with E-state index in [0.29, 0.717) is 0 Å². The molecule has 5 heterocycles. The first-order chi connectivity index (χ1) is 18.5. The summed E-state index contributed by atoms with van der Waals surface area (Å²) in [5.41, 5.74) is 15.0. The molecule has 4 nitrogen and oxygen atoms in total. The Hall–Kier alpha value is -2.45. The van der Waals surface area contributed by atoms with E-state index < -0.39 is 0 Å². The maximum absolute atomic E-state index is 5.24. The van der Waals surface area contributed by atoms with Crippen molar-refractivity contribution in [2.24, 2.45) is 9.98 Å². The summed E-state index contributed by atoms with van der Waals surface area (Å²) >= 11 is 0. The SMILES string of the molecule is CCC1=C2/C=C3N=C(/C=c4\[n-]/c(c(CC)c4CC)=C\C4=NC(=C\C(C1)[N-]2)/C(CC)=C4CC)C(CC)=C\3CC.[Pt+2]. The van der Waals surface area contributed by atoms with Crippen molar-refractivity contribution in [3.8, 4) is 0 Å². The molecule has 0 fully saturated rings.